The molecule has 0 radical (unpaired) electrons. The van der Waals surface area contributed by atoms with Gasteiger partial charge in [0.05, 0.1) is 34.4 Å². The highest BCUT2D eigenvalue weighted by molar-refractivity contribution is 6.34. The molecule has 0 spiro atoms. The average molecular weight is 498 g/mol. The fraction of sp³-hybridized carbons (Fsp3) is 0.259. The van der Waals surface area contributed by atoms with E-state index in [0.717, 1.165) is 30.2 Å². The highest BCUT2D eigenvalue weighted by atomic mass is 35.5. The molecule has 0 aliphatic carbocycles. The molecule has 2 atom stereocenters. The van der Waals surface area contributed by atoms with E-state index in [2.05, 4.69) is 23.6 Å². The van der Waals surface area contributed by atoms with Crippen molar-refractivity contribution < 1.29 is 18.7 Å². The number of nitrogens with zero attached hydrogens (tertiary/aromatic N) is 1. The first-order valence-corrected chi connectivity index (χ1v) is 11.6. The van der Waals surface area contributed by atoms with E-state index in [0.29, 0.717) is 12.1 Å². The number of nitriles is 1. The summed E-state index contributed by atoms with van der Waals surface area (Å²) in [6, 6.07) is 16.4. The maximum absolute atomic E-state index is 13.7. The van der Waals surface area contributed by atoms with Crippen LogP contribution in [0.2, 0.25) is 5.02 Å². The summed E-state index contributed by atoms with van der Waals surface area (Å²) >= 11 is 6.16. The normalized spacial score (nSPS) is 12.6. The van der Waals surface area contributed by atoms with Crippen LogP contribution >= 0.6 is 11.6 Å². The zero-order valence-electron chi connectivity index (χ0n) is 19.2. The molecule has 3 N–H and O–H groups in total. The Morgan fingerprint density at radius 1 is 1.06 bits per heavy atom. The summed E-state index contributed by atoms with van der Waals surface area (Å²) in [6.45, 7) is 2.70. The molecule has 8 heteroatoms. The molecule has 0 heterocycles. The molecule has 35 heavy (non-hydrogen) atoms. The number of amides is 1. The molecule has 3 rings (SSSR count). The monoisotopic (exact) mass is 497 g/mol. The Labute approximate surface area is 208 Å². The Kier molecular flexibility index (Phi) is 9.32. The summed E-state index contributed by atoms with van der Waals surface area (Å²) in [5, 5.41) is 25.9. The number of rotatable bonds is 10. The summed E-state index contributed by atoms with van der Waals surface area (Å²) in [4.78, 5) is 12.9. The van der Waals surface area contributed by atoms with Crippen LogP contribution in [0.5, 0.6) is 0 Å². The average Bonchev–Trinajstić information content (AvgIpc) is 2.82. The van der Waals surface area contributed by atoms with Gasteiger partial charge >= 0.3 is 0 Å². The number of aryl methyl sites for hydroxylation is 1. The van der Waals surface area contributed by atoms with Crippen molar-refractivity contribution in [1.29, 1.82) is 5.26 Å². The minimum Gasteiger partial charge on any atom is -0.390 e. The van der Waals surface area contributed by atoms with Crippen LogP contribution in [-0.4, -0.2) is 29.7 Å². The highest BCUT2D eigenvalue weighted by Crippen LogP contribution is 2.19. The molecule has 0 saturated carbocycles. The van der Waals surface area contributed by atoms with Gasteiger partial charge in [0.1, 0.15) is 11.6 Å². The Balaban J connectivity index is 1.74. The van der Waals surface area contributed by atoms with Crippen LogP contribution in [0.1, 0.15) is 39.5 Å². The van der Waals surface area contributed by atoms with Gasteiger partial charge in [-0.3, -0.25) is 4.79 Å². The van der Waals surface area contributed by atoms with Crippen molar-refractivity contribution in [3.05, 3.63) is 105 Å². The van der Waals surface area contributed by atoms with Crippen LogP contribution in [0.15, 0.2) is 60.7 Å². The van der Waals surface area contributed by atoms with Crippen LogP contribution in [-0.2, 0) is 19.4 Å². The van der Waals surface area contributed by atoms with Crippen LogP contribution in [0, 0.1) is 23.0 Å². The standard InChI is InChI=1S/C27H26ClF2N3O2/c1-2-17-4-3-5-19(8-17)15-32-16-26(34)25(12-20-9-21(29)13-22(30)10-20)33-27(35)23-7-6-18(14-31)11-24(23)28/h3-11,13,25-26,32,34H,2,12,15-16H2,1H3,(H,33,35)/t25-,26-/m0/s1. The van der Waals surface area contributed by atoms with Crippen molar-refractivity contribution >= 4 is 17.5 Å². The first-order chi connectivity index (χ1) is 16.8. The third-order valence-electron chi connectivity index (χ3n) is 5.58. The maximum Gasteiger partial charge on any atom is 0.253 e. The van der Waals surface area contributed by atoms with E-state index in [1.807, 2.05) is 24.3 Å². The van der Waals surface area contributed by atoms with Crippen LogP contribution in [0.4, 0.5) is 8.78 Å². The van der Waals surface area contributed by atoms with E-state index in [4.69, 9.17) is 16.9 Å². The first kappa shape index (κ1) is 26.3. The lowest BCUT2D eigenvalue weighted by Crippen LogP contribution is -2.48. The lowest BCUT2D eigenvalue weighted by Gasteiger charge is -2.25. The molecule has 0 aliphatic heterocycles. The molecule has 5 nitrogen and oxygen atoms in total. The van der Waals surface area contributed by atoms with Crippen molar-refractivity contribution in [2.75, 3.05) is 6.54 Å². The number of hydrogen-bond donors (Lipinski definition) is 3. The molecule has 0 bridgehead atoms. The number of nitrogens with one attached hydrogen (secondary N) is 2. The van der Waals surface area contributed by atoms with E-state index < -0.39 is 29.7 Å². The molecule has 0 aromatic heterocycles. The van der Waals surface area contributed by atoms with E-state index >= 15 is 0 Å². The van der Waals surface area contributed by atoms with Gasteiger partial charge in [-0.15, -0.1) is 0 Å². The van der Waals surface area contributed by atoms with E-state index in [1.165, 1.54) is 23.8 Å². The predicted molar refractivity (Wildman–Crippen MR) is 131 cm³/mol. The number of carbonyl (C=O) groups excluding carboxylic acids is 1. The predicted octanol–water partition coefficient (Wildman–Crippen LogP) is 4.54. The number of benzene rings is 3. The van der Waals surface area contributed by atoms with Gasteiger partial charge in [0.2, 0.25) is 0 Å². The van der Waals surface area contributed by atoms with E-state index in [1.54, 1.807) is 0 Å². The number of halogens is 3. The third-order valence-corrected chi connectivity index (χ3v) is 5.90. The van der Waals surface area contributed by atoms with Crippen LogP contribution in [0.25, 0.3) is 0 Å². The van der Waals surface area contributed by atoms with Crippen molar-refractivity contribution in [3.8, 4) is 6.07 Å². The second-order valence-electron chi connectivity index (χ2n) is 8.24. The van der Waals surface area contributed by atoms with Crippen molar-refractivity contribution in [2.45, 2.75) is 38.5 Å². The summed E-state index contributed by atoms with van der Waals surface area (Å²) in [5.74, 6) is -2.07. The summed E-state index contributed by atoms with van der Waals surface area (Å²) < 4.78 is 27.5. The van der Waals surface area contributed by atoms with Gasteiger partial charge in [-0.2, -0.15) is 5.26 Å². The minimum atomic E-state index is -1.07. The van der Waals surface area contributed by atoms with Gasteiger partial charge in [-0.25, -0.2) is 8.78 Å². The molecule has 3 aromatic rings. The minimum absolute atomic E-state index is 0.0114. The van der Waals surface area contributed by atoms with Crippen LogP contribution < -0.4 is 10.6 Å². The van der Waals surface area contributed by atoms with Gasteiger partial charge < -0.3 is 15.7 Å². The number of carbonyl (C=O) groups is 1. The van der Waals surface area contributed by atoms with Gasteiger partial charge in [0.15, 0.2) is 0 Å². The number of hydrogen-bond acceptors (Lipinski definition) is 4. The number of aliphatic hydroxyl groups is 1. The Morgan fingerprint density at radius 2 is 1.77 bits per heavy atom. The fourth-order valence-corrected chi connectivity index (χ4v) is 4.01. The van der Waals surface area contributed by atoms with E-state index in [-0.39, 0.29) is 29.1 Å². The summed E-state index contributed by atoms with van der Waals surface area (Å²) in [5.41, 5.74) is 2.96. The van der Waals surface area contributed by atoms with Gasteiger partial charge in [-0.05, 0) is 59.9 Å². The molecule has 0 unspecified atom stereocenters. The summed E-state index contributed by atoms with van der Waals surface area (Å²) in [6.07, 6.45) is -0.174. The lowest BCUT2D eigenvalue weighted by molar-refractivity contribution is 0.0830. The smallest absolute Gasteiger partial charge is 0.253 e. The van der Waals surface area contributed by atoms with Gasteiger partial charge in [0, 0.05) is 19.2 Å². The SMILES string of the molecule is CCc1cccc(CNC[C@H](O)[C@H](Cc2cc(F)cc(F)c2)NC(=O)c2ccc(C#N)cc2Cl)c1. The zero-order valence-corrected chi connectivity index (χ0v) is 19.9. The van der Waals surface area contributed by atoms with Crippen LogP contribution in [0.3, 0.4) is 0 Å². The van der Waals surface area contributed by atoms with Crippen molar-refractivity contribution in [2.24, 2.45) is 0 Å². The number of aliphatic hydroxyl groups excluding tert-OH is 1. The zero-order chi connectivity index (χ0) is 25.4. The molecule has 182 valence electrons. The maximum atomic E-state index is 13.7. The Bertz CT molecular complexity index is 1210. The molecule has 0 aliphatic rings. The molecule has 0 saturated heterocycles. The molecular weight excluding hydrogens is 472 g/mol. The molecule has 1 amide bonds. The van der Waals surface area contributed by atoms with E-state index in [9.17, 15) is 18.7 Å². The topological polar surface area (TPSA) is 85.2 Å². The largest absolute Gasteiger partial charge is 0.390 e. The van der Waals surface area contributed by atoms with Gasteiger partial charge in [-0.1, -0.05) is 42.8 Å². The second kappa shape index (κ2) is 12.4. The summed E-state index contributed by atoms with van der Waals surface area (Å²) in [7, 11) is 0. The lowest BCUT2D eigenvalue weighted by atomic mass is 9.99. The molecule has 0 fully saturated rings. The molecular formula is C27H26ClF2N3O2. The fourth-order valence-electron chi connectivity index (χ4n) is 3.75. The third kappa shape index (κ3) is 7.59. The Morgan fingerprint density at radius 3 is 2.43 bits per heavy atom. The van der Waals surface area contributed by atoms with Crippen molar-refractivity contribution in [3.63, 3.8) is 0 Å². The van der Waals surface area contributed by atoms with Crippen molar-refractivity contribution in [1.82, 2.24) is 10.6 Å². The second-order valence-corrected chi connectivity index (χ2v) is 8.65. The Hall–Kier alpha value is -3.31. The quantitative estimate of drug-likeness (QED) is 0.384. The first-order valence-electron chi connectivity index (χ1n) is 11.2. The molecule has 3 aromatic carbocycles. The van der Waals surface area contributed by atoms with Gasteiger partial charge in [0.25, 0.3) is 5.91 Å². The highest BCUT2D eigenvalue weighted by Gasteiger charge is 2.24.